The second kappa shape index (κ2) is 4.51. The van der Waals surface area contributed by atoms with Gasteiger partial charge in [0, 0.05) is 25.2 Å². The van der Waals surface area contributed by atoms with E-state index in [0.29, 0.717) is 0 Å². The van der Waals surface area contributed by atoms with Gasteiger partial charge in [0.05, 0.1) is 17.6 Å². The summed E-state index contributed by atoms with van der Waals surface area (Å²) in [5, 5.41) is 6.94. The first-order valence-electron chi connectivity index (χ1n) is 6.29. The van der Waals surface area contributed by atoms with E-state index in [1.54, 1.807) is 6.20 Å². The largest absolute Gasteiger partial charge is 0.368 e. The topological polar surface area (TPSA) is 110 Å². The number of anilines is 2. The van der Waals surface area contributed by atoms with Gasteiger partial charge in [0.1, 0.15) is 5.82 Å². The maximum Gasteiger partial charge on any atom is 0.222 e. The zero-order valence-electron chi connectivity index (χ0n) is 10.8. The van der Waals surface area contributed by atoms with Crippen LogP contribution in [0.15, 0.2) is 12.3 Å². The van der Waals surface area contributed by atoms with E-state index < -0.39 is 0 Å². The predicted octanol–water partition coefficient (Wildman–Crippen LogP) is 0.295. The van der Waals surface area contributed by atoms with Crippen molar-refractivity contribution in [3.63, 3.8) is 0 Å². The van der Waals surface area contributed by atoms with Gasteiger partial charge in [0.25, 0.3) is 0 Å². The predicted molar refractivity (Wildman–Crippen MR) is 73.6 cm³/mol. The van der Waals surface area contributed by atoms with Gasteiger partial charge in [-0.2, -0.15) is 10.1 Å². The van der Waals surface area contributed by atoms with E-state index in [4.69, 9.17) is 11.5 Å². The normalized spacial score (nSPS) is 19.1. The fraction of sp³-hybridized carbons (Fsp3) is 0.417. The number of nitrogens with zero attached hydrogens (tertiary/aromatic N) is 4. The highest BCUT2D eigenvalue weighted by atomic mass is 15.2. The number of H-pyrrole nitrogens is 1. The van der Waals surface area contributed by atoms with Gasteiger partial charge in [-0.25, -0.2) is 4.98 Å². The summed E-state index contributed by atoms with van der Waals surface area (Å²) in [7, 11) is 0. The molecule has 0 amide bonds. The van der Waals surface area contributed by atoms with E-state index in [0.717, 1.165) is 42.3 Å². The molecule has 19 heavy (non-hydrogen) atoms. The summed E-state index contributed by atoms with van der Waals surface area (Å²) in [4.78, 5) is 10.7. The molecule has 0 aliphatic carbocycles. The van der Waals surface area contributed by atoms with E-state index >= 15 is 0 Å². The molecule has 3 rings (SSSR count). The summed E-state index contributed by atoms with van der Waals surface area (Å²) in [5.41, 5.74) is 14.4. The van der Waals surface area contributed by atoms with Gasteiger partial charge < -0.3 is 16.4 Å². The molecule has 0 spiro atoms. The van der Waals surface area contributed by atoms with Crippen molar-refractivity contribution in [2.75, 3.05) is 23.7 Å². The fourth-order valence-electron chi connectivity index (χ4n) is 2.34. The Labute approximate surface area is 111 Å². The molecule has 5 N–H and O–H groups in total. The molecule has 1 aliphatic heterocycles. The van der Waals surface area contributed by atoms with Gasteiger partial charge >= 0.3 is 0 Å². The monoisotopic (exact) mass is 259 g/mol. The SMILES string of the molecule is Cc1cn[nH]c1-c1cc(N2CC[C@@H](N)C2)nc(N)n1. The highest BCUT2D eigenvalue weighted by Crippen LogP contribution is 2.25. The lowest BCUT2D eigenvalue weighted by Gasteiger charge is -2.17. The Morgan fingerprint density at radius 1 is 1.42 bits per heavy atom. The number of hydrogen-bond acceptors (Lipinski definition) is 6. The number of aryl methyl sites for hydroxylation is 1. The Bertz CT molecular complexity index is 592. The van der Waals surface area contributed by atoms with Crippen LogP contribution < -0.4 is 16.4 Å². The lowest BCUT2D eigenvalue weighted by Crippen LogP contribution is -2.27. The minimum Gasteiger partial charge on any atom is -0.368 e. The van der Waals surface area contributed by atoms with Crippen LogP contribution in [-0.2, 0) is 0 Å². The maximum atomic E-state index is 5.92. The molecule has 0 aromatic carbocycles. The summed E-state index contributed by atoms with van der Waals surface area (Å²) in [6.07, 6.45) is 2.74. The second-order valence-electron chi connectivity index (χ2n) is 4.89. The number of aromatic nitrogens is 4. The van der Waals surface area contributed by atoms with Crippen molar-refractivity contribution in [1.29, 1.82) is 0 Å². The van der Waals surface area contributed by atoms with Gasteiger partial charge in [0.15, 0.2) is 0 Å². The van der Waals surface area contributed by atoms with Crippen LogP contribution in [0, 0.1) is 6.92 Å². The molecular formula is C12H17N7. The molecule has 0 radical (unpaired) electrons. The number of nitrogens with two attached hydrogens (primary N) is 2. The van der Waals surface area contributed by atoms with Crippen LogP contribution in [0.2, 0.25) is 0 Å². The average molecular weight is 259 g/mol. The molecule has 7 nitrogen and oxygen atoms in total. The van der Waals surface area contributed by atoms with Crippen LogP contribution in [0.1, 0.15) is 12.0 Å². The van der Waals surface area contributed by atoms with Crippen LogP contribution in [0.4, 0.5) is 11.8 Å². The van der Waals surface area contributed by atoms with Crippen molar-refractivity contribution in [3.05, 3.63) is 17.8 Å². The highest BCUT2D eigenvalue weighted by Gasteiger charge is 2.21. The fourth-order valence-corrected chi connectivity index (χ4v) is 2.34. The van der Waals surface area contributed by atoms with Gasteiger partial charge in [0.2, 0.25) is 5.95 Å². The third-order valence-electron chi connectivity index (χ3n) is 3.36. The summed E-state index contributed by atoms with van der Waals surface area (Å²) in [6, 6.07) is 2.13. The summed E-state index contributed by atoms with van der Waals surface area (Å²) < 4.78 is 0. The molecule has 1 aliphatic rings. The molecule has 3 heterocycles. The van der Waals surface area contributed by atoms with E-state index in [-0.39, 0.29) is 12.0 Å². The van der Waals surface area contributed by atoms with Crippen LogP contribution >= 0.6 is 0 Å². The Kier molecular flexibility index (Phi) is 2.83. The summed E-state index contributed by atoms with van der Waals surface area (Å²) in [5.74, 6) is 1.09. The molecule has 1 saturated heterocycles. The molecule has 1 atom stereocenters. The molecular weight excluding hydrogens is 242 g/mol. The second-order valence-corrected chi connectivity index (χ2v) is 4.89. The number of aromatic amines is 1. The lowest BCUT2D eigenvalue weighted by molar-refractivity contribution is 0.751. The molecule has 0 unspecified atom stereocenters. The van der Waals surface area contributed by atoms with Crippen LogP contribution in [0.3, 0.4) is 0 Å². The first-order chi connectivity index (χ1) is 9.13. The molecule has 7 heteroatoms. The quantitative estimate of drug-likeness (QED) is 0.715. The van der Waals surface area contributed by atoms with Crippen molar-refractivity contribution in [2.24, 2.45) is 5.73 Å². The van der Waals surface area contributed by atoms with Crippen LogP contribution in [0.5, 0.6) is 0 Å². The Morgan fingerprint density at radius 3 is 2.89 bits per heavy atom. The van der Waals surface area contributed by atoms with Crippen molar-refractivity contribution in [2.45, 2.75) is 19.4 Å². The number of nitrogens with one attached hydrogen (secondary N) is 1. The van der Waals surface area contributed by atoms with Gasteiger partial charge in [-0.05, 0) is 18.9 Å². The Balaban J connectivity index is 1.99. The molecule has 1 fully saturated rings. The summed E-state index contributed by atoms with van der Waals surface area (Å²) >= 11 is 0. The van der Waals surface area contributed by atoms with E-state index in [1.165, 1.54) is 0 Å². The standard InChI is InChI=1S/C12H17N7/c1-7-5-15-18-11(7)9-4-10(17-12(14)16-9)19-3-2-8(13)6-19/h4-5,8H,2-3,6,13H2,1H3,(H,15,18)(H2,14,16,17)/t8-/m1/s1. The first kappa shape index (κ1) is 11.9. The molecule has 2 aromatic rings. The molecule has 0 saturated carbocycles. The van der Waals surface area contributed by atoms with Crippen LogP contribution in [-0.4, -0.2) is 39.3 Å². The zero-order valence-corrected chi connectivity index (χ0v) is 10.8. The number of nitrogen functional groups attached to an aromatic ring is 1. The smallest absolute Gasteiger partial charge is 0.222 e. The van der Waals surface area contributed by atoms with Crippen molar-refractivity contribution in [1.82, 2.24) is 20.2 Å². The molecule has 100 valence electrons. The minimum absolute atomic E-state index is 0.202. The zero-order chi connectivity index (χ0) is 13.4. The van der Waals surface area contributed by atoms with E-state index in [2.05, 4.69) is 25.1 Å². The van der Waals surface area contributed by atoms with E-state index in [1.807, 2.05) is 13.0 Å². The Hall–Kier alpha value is -2.15. The maximum absolute atomic E-state index is 5.92. The third-order valence-corrected chi connectivity index (χ3v) is 3.36. The lowest BCUT2D eigenvalue weighted by atomic mass is 10.2. The highest BCUT2D eigenvalue weighted by molar-refractivity contribution is 5.63. The van der Waals surface area contributed by atoms with Crippen molar-refractivity contribution in [3.8, 4) is 11.4 Å². The summed E-state index contributed by atoms with van der Waals surface area (Å²) in [6.45, 7) is 3.68. The first-order valence-corrected chi connectivity index (χ1v) is 6.29. The third kappa shape index (κ3) is 2.24. The van der Waals surface area contributed by atoms with Crippen LogP contribution in [0.25, 0.3) is 11.4 Å². The molecule has 2 aromatic heterocycles. The molecule has 0 bridgehead atoms. The minimum atomic E-state index is 0.202. The van der Waals surface area contributed by atoms with Crippen molar-refractivity contribution < 1.29 is 0 Å². The Morgan fingerprint density at radius 2 is 2.26 bits per heavy atom. The van der Waals surface area contributed by atoms with Crippen molar-refractivity contribution >= 4 is 11.8 Å². The number of rotatable bonds is 2. The van der Waals surface area contributed by atoms with Gasteiger partial charge in [-0.3, -0.25) is 5.10 Å². The van der Waals surface area contributed by atoms with E-state index in [9.17, 15) is 0 Å². The number of hydrogen-bond donors (Lipinski definition) is 3. The van der Waals surface area contributed by atoms with Gasteiger partial charge in [-0.1, -0.05) is 0 Å². The average Bonchev–Trinajstić information content (AvgIpc) is 2.97. The van der Waals surface area contributed by atoms with Gasteiger partial charge in [-0.15, -0.1) is 0 Å².